The van der Waals surface area contributed by atoms with Crippen LogP contribution in [0.4, 0.5) is 19.0 Å². The number of benzene rings is 1. The van der Waals surface area contributed by atoms with Crippen LogP contribution in [-0.2, 0) is 24.1 Å². The van der Waals surface area contributed by atoms with Crippen molar-refractivity contribution in [3.8, 4) is 5.75 Å². The van der Waals surface area contributed by atoms with Gasteiger partial charge in [0, 0.05) is 23.6 Å². The third-order valence-electron chi connectivity index (χ3n) is 5.72. The van der Waals surface area contributed by atoms with Gasteiger partial charge in [-0.15, -0.1) is 0 Å². The van der Waals surface area contributed by atoms with Crippen LogP contribution in [-0.4, -0.2) is 34.4 Å². The van der Waals surface area contributed by atoms with E-state index in [1.807, 2.05) is 0 Å². The van der Waals surface area contributed by atoms with Gasteiger partial charge in [-0.25, -0.2) is 9.97 Å². The van der Waals surface area contributed by atoms with Gasteiger partial charge in [0.25, 0.3) is 5.91 Å². The third-order valence-corrected chi connectivity index (χ3v) is 5.72. The number of hydrogen-bond acceptors (Lipinski definition) is 6. The zero-order chi connectivity index (χ0) is 21.9. The lowest BCUT2D eigenvalue weighted by Crippen LogP contribution is -2.32. The second-order valence-electron chi connectivity index (χ2n) is 7.53. The average Bonchev–Trinajstić information content (AvgIpc) is 3.39. The Labute approximate surface area is 174 Å². The van der Waals surface area contributed by atoms with E-state index in [4.69, 9.17) is 15.2 Å². The molecule has 31 heavy (non-hydrogen) atoms. The minimum absolute atomic E-state index is 0.0633. The van der Waals surface area contributed by atoms with Crippen LogP contribution in [0.5, 0.6) is 5.75 Å². The Bertz CT molecular complexity index is 1230. The SMILES string of the molecule is CN(C(=O)c1cc2c3c(c(N)nc2cn1)COC3)[C@@H]1COc2cc(C(F)(F)F)ccc21. The monoisotopic (exact) mass is 430 g/mol. The number of amides is 1. The van der Waals surface area contributed by atoms with Crippen LogP contribution in [0.15, 0.2) is 30.5 Å². The van der Waals surface area contributed by atoms with Gasteiger partial charge in [-0.2, -0.15) is 13.2 Å². The Morgan fingerprint density at radius 2 is 2.00 bits per heavy atom. The normalized spacial score (nSPS) is 17.4. The lowest BCUT2D eigenvalue weighted by atomic mass is 10.0. The van der Waals surface area contributed by atoms with Crippen molar-refractivity contribution < 1.29 is 27.4 Å². The first-order valence-electron chi connectivity index (χ1n) is 9.50. The molecule has 5 rings (SSSR count). The summed E-state index contributed by atoms with van der Waals surface area (Å²) in [7, 11) is 1.57. The van der Waals surface area contributed by atoms with Gasteiger partial charge in [0.2, 0.25) is 0 Å². The van der Waals surface area contributed by atoms with Gasteiger partial charge in [-0.05, 0) is 23.8 Å². The molecule has 2 N–H and O–H groups in total. The predicted octanol–water partition coefficient (Wildman–Crippen LogP) is 3.47. The van der Waals surface area contributed by atoms with Gasteiger partial charge in [0.1, 0.15) is 23.9 Å². The van der Waals surface area contributed by atoms with E-state index in [2.05, 4.69) is 9.97 Å². The van der Waals surface area contributed by atoms with Crippen molar-refractivity contribution in [2.75, 3.05) is 19.4 Å². The molecule has 0 saturated heterocycles. The number of carbonyl (C=O) groups is 1. The number of nitrogen functional groups attached to an aromatic ring is 1. The summed E-state index contributed by atoms with van der Waals surface area (Å²) in [5, 5.41) is 0.742. The van der Waals surface area contributed by atoms with Crippen molar-refractivity contribution in [2.45, 2.75) is 25.4 Å². The number of carbonyl (C=O) groups excluding carboxylic acids is 1. The van der Waals surface area contributed by atoms with Crippen LogP contribution in [0.1, 0.15) is 38.8 Å². The molecule has 4 heterocycles. The summed E-state index contributed by atoms with van der Waals surface area (Å²) in [5.41, 5.74) is 8.15. The summed E-state index contributed by atoms with van der Waals surface area (Å²) in [6.45, 7) is 0.803. The van der Waals surface area contributed by atoms with Gasteiger partial charge in [-0.3, -0.25) is 4.79 Å². The second kappa shape index (κ2) is 6.81. The number of rotatable bonds is 2. The van der Waals surface area contributed by atoms with Crippen LogP contribution < -0.4 is 10.5 Å². The molecule has 3 aromatic rings. The summed E-state index contributed by atoms with van der Waals surface area (Å²) in [6.07, 6.45) is -2.98. The minimum Gasteiger partial charge on any atom is -0.491 e. The highest BCUT2D eigenvalue weighted by molar-refractivity contribution is 5.97. The highest BCUT2D eigenvalue weighted by atomic mass is 19.4. The number of fused-ring (bicyclic) bond motifs is 4. The first kappa shape index (κ1) is 19.6. The Kier molecular flexibility index (Phi) is 4.30. The van der Waals surface area contributed by atoms with Crippen molar-refractivity contribution >= 4 is 22.6 Å². The lowest BCUT2D eigenvalue weighted by Gasteiger charge is -2.23. The van der Waals surface area contributed by atoms with Crippen LogP contribution in [0.25, 0.3) is 10.9 Å². The molecule has 2 aliphatic rings. The summed E-state index contributed by atoms with van der Waals surface area (Å²) in [5.74, 6) is 0.129. The standard InChI is InChI=1S/C21H17F3N4O3/c1-28(17-9-31-18-4-10(21(22,23)24)2-3-11(17)18)20(29)15-5-12-13-7-30-8-14(13)19(25)27-16(12)6-26-15/h2-6,17H,7-9H2,1H3,(H2,25,27)/t17-/m1/s1. The number of anilines is 1. The molecule has 1 aromatic carbocycles. The van der Waals surface area contributed by atoms with E-state index in [1.165, 1.54) is 17.2 Å². The maximum absolute atomic E-state index is 13.1. The Balaban J connectivity index is 1.47. The van der Waals surface area contributed by atoms with E-state index < -0.39 is 17.8 Å². The first-order chi connectivity index (χ1) is 14.7. The number of nitrogens with zero attached hydrogens (tertiary/aromatic N) is 3. The number of likely N-dealkylation sites (N-methyl/N-ethyl adjacent to an activating group) is 1. The molecule has 160 valence electrons. The molecule has 2 aromatic heterocycles. The van der Waals surface area contributed by atoms with Crippen molar-refractivity contribution in [1.29, 1.82) is 0 Å². The number of halogens is 3. The quantitative estimate of drug-likeness (QED) is 0.670. The third kappa shape index (κ3) is 3.14. The maximum atomic E-state index is 13.1. The number of hydrogen-bond donors (Lipinski definition) is 1. The maximum Gasteiger partial charge on any atom is 0.416 e. The molecule has 0 fully saturated rings. The van der Waals surface area contributed by atoms with Crippen LogP contribution >= 0.6 is 0 Å². The highest BCUT2D eigenvalue weighted by Gasteiger charge is 2.36. The molecule has 7 nitrogen and oxygen atoms in total. The molecule has 0 saturated carbocycles. The van der Waals surface area contributed by atoms with Crippen molar-refractivity contribution in [2.24, 2.45) is 0 Å². The van der Waals surface area contributed by atoms with Gasteiger partial charge in [0.05, 0.1) is 36.5 Å². The van der Waals surface area contributed by atoms with Crippen LogP contribution in [0.3, 0.4) is 0 Å². The van der Waals surface area contributed by atoms with Crippen molar-refractivity contribution in [1.82, 2.24) is 14.9 Å². The van der Waals surface area contributed by atoms with Crippen molar-refractivity contribution in [3.05, 3.63) is 58.4 Å². The summed E-state index contributed by atoms with van der Waals surface area (Å²) < 4.78 is 49.8. The first-order valence-corrected chi connectivity index (χ1v) is 9.50. The predicted molar refractivity (Wildman–Crippen MR) is 104 cm³/mol. The molecule has 1 amide bonds. The average molecular weight is 430 g/mol. The highest BCUT2D eigenvalue weighted by Crippen LogP contribution is 2.40. The van der Waals surface area contributed by atoms with E-state index in [0.717, 1.165) is 28.6 Å². The number of pyridine rings is 2. The summed E-state index contributed by atoms with van der Waals surface area (Å²) in [6, 6.07) is 4.43. The number of alkyl halides is 3. The zero-order valence-electron chi connectivity index (χ0n) is 16.4. The van der Waals surface area contributed by atoms with Gasteiger partial charge in [-0.1, -0.05) is 6.07 Å². The number of nitrogens with two attached hydrogens (primary N) is 1. The molecule has 1 atom stereocenters. The molecule has 2 aliphatic heterocycles. The molecule has 0 spiro atoms. The van der Waals surface area contributed by atoms with E-state index in [9.17, 15) is 18.0 Å². The largest absolute Gasteiger partial charge is 0.491 e. The van der Waals surface area contributed by atoms with Crippen LogP contribution in [0, 0.1) is 0 Å². The van der Waals surface area contributed by atoms with Crippen molar-refractivity contribution in [3.63, 3.8) is 0 Å². The number of ether oxygens (including phenoxy) is 2. The van der Waals surface area contributed by atoms with E-state index in [-0.39, 0.29) is 24.0 Å². The van der Waals surface area contributed by atoms with Gasteiger partial charge in [0.15, 0.2) is 0 Å². The lowest BCUT2D eigenvalue weighted by molar-refractivity contribution is -0.137. The fourth-order valence-corrected chi connectivity index (χ4v) is 4.00. The second-order valence-corrected chi connectivity index (χ2v) is 7.53. The molecule has 0 unspecified atom stereocenters. The van der Waals surface area contributed by atoms with Gasteiger partial charge < -0.3 is 20.1 Å². The Hall–Kier alpha value is -3.40. The molecule has 0 bridgehead atoms. The fourth-order valence-electron chi connectivity index (χ4n) is 4.00. The van der Waals surface area contributed by atoms with E-state index >= 15 is 0 Å². The molecular formula is C21H17F3N4O3. The van der Waals surface area contributed by atoms with E-state index in [0.29, 0.717) is 30.1 Å². The molecular weight excluding hydrogens is 413 g/mol. The van der Waals surface area contributed by atoms with Crippen LogP contribution in [0.2, 0.25) is 0 Å². The zero-order valence-corrected chi connectivity index (χ0v) is 16.4. The number of aromatic nitrogens is 2. The summed E-state index contributed by atoms with van der Waals surface area (Å²) >= 11 is 0. The smallest absolute Gasteiger partial charge is 0.416 e. The van der Waals surface area contributed by atoms with Gasteiger partial charge >= 0.3 is 6.18 Å². The molecule has 0 aliphatic carbocycles. The molecule has 10 heteroatoms. The summed E-state index contributed by atoms with van der Waals surface area (Å²) in [4.78, 5) is 23.1. The van der Waals surface area contributed by atoms with E-state index in [1.54, 1.807) is 13.1 Å². The fraction of sp³-hybridized carbons (Fsp3) is 0.286. The topological polar surface area (TPSA) is 90.6 Å². The minimum atomic E-state index is -4.46. The Morgan fingerprint density at radius 1 is 1.23 bits per heavy atom. The Morgan fingerprint density at radius 3 is 2.77 bits per heavy atom. The molecule has 0 radical (unpaired) electrons.